The lowest BCUT2D eigenvalue weighted by molar-refractivity contribution is -0.151. The molecule has 0 bridgehead atoms. The number of hydrogen-bond donors (Lipinski definition) is 0. The van der Waals surface area contributed by atoms with Gasteiger partial charge in [0.05, 0.1) is 6.61 Å². The summed E-state index contributed by atoms with van der Waals surface area (Å²) in [7, 11) is 0. The zero-order valence-corrected chi connectivity index (χ0v) is 11.2. The number of carbonyl (C=O) groups is 2. The largest absolute Gasteiger partial charge is 0.465 e. The Morgan fingerprint density at radius 2 is 1.83 bits per heavy atom. The van der Waals surface area contributed by atoms with Crippen LogP contribution < -0.4 is 0 Å². The molecule has 1 aromatic rings. The van der Waals surface area contributed by atoms with Crippen LogP contribution in [0.4, 0.5) is 0 Å². The van der Waals surface area contributed by atoms with E-state index < -0.39 is 11.9 Å². The van der Waals surface area contributed by atoms with E-state index in [4.69, 9.17) is 4.74 Å². The van der Waals surface area contributed by atoms with Crippen molar-refractivity contribution in [1.29, 1.82) is 0 Å². The molecule has 0 aromatic heterocycles. The van der Waals surface area contributed by atoms with Crippen molar-refractivity contribution in [3.05, 3.63) is 35.4 Å². The molecular weight excluding hydrogens is 228 g/mol. The molecule has 0 amide bonds. The van der Waals surface area contributed by atoms with E-state index >= 15 is 0 Å². The van der Waals surface area contributed by atoms with Gasteiger partial charge in [-0.3, -0.25) is 9.59 Å². The van der Waals surface area contributed by atoms with Gasteiger partial charge >= 0.3 is 5.97 Å². The van der Waals surface area contributed by atoms with Gasteiger partial charge in [0, 0.05) is 0 Å². The first-order chi connectivity index (χ1) is 8.54. The topological polar surface area (TPSA) is 43.4 Å². The molecule has 0 saturated carbocycles. The quantitative estimate of drug-likeness (QED) is 0.574. The Kier molecular flexibility index (Phi) is 5.56. The highest BCUT2D eigenvalue weighted by Crippen LogP contribution is 2.13. The normalized spacial score (nSPS) is 11.9. The summed E-state index contributed by atoms with van der Waals surface area (Å²) in [5, 5.41) is 0. The van der Waals surface area contributed by atoms with Crippen LogP contribution in [0.25, 0.3) is 0 Å². The summed E-state index contributed by atoms with van der Waals surface area (Å²) < 4.78 is 4.91. The number of ketones is 1. The van der Waals surface area contributed by atoms with Crippen molar-refractivity contribution in [2.75, 3.05) is 6.61 Å². The first kappa shape index (κ1) is 14.4. The van der Waals surface area contributed by atoms with Crippen LogP contribution in [0.5, 0.6) is 0 Å². The Bertz CT molecular complexity index is 406. The van der Waals surface area contributed by atoms with Crippen molar-refractivity contribution in [3.8, 4) is 0 Å². The average Bonchev–Trinajstić information content (AvgIpc) is 2.31. The molecule has 0 aliphatic carbocycles. The minimum absolute atomic E-state index is 0.124. The van der Waals surface area contributed by atoms with Crippen LogP contribution in [-0.2, 0) is 20.7 Å². The Morgan fingerprint density at radius 1 is 1.22 bits per heavy atom. The van der Waals surface area contributed by atoms with Gasteiger partial charge in [0.2, 0.25) is 0 Å². The van der Waals surface area contributed by atoms with Gasteiger partial charge in [-0.25, -0.2) is 0 Å². The summed E-state index contributed by atoms with van der Waals surface area (Å²) in [6.45, 7) is 5.53. The number of aryl methyl sites for hydroxylation is 2. The molecular formula is C15H20O3. The summed E-state index contributed by atoms with van der Waals surface area (Å²) >= 11 is 0. The molecule has 1 unspecified atom stereocenters. The molecule has 1 aromatic carbocycles. The summed E-state index contributed by atoms with van der Waals surface area (Å²) in [6, 6.07) is 8.11. The number of ether oxygens (including phenoxy) is 1. The van der Waals surface area contributed by atoms with Crippen LogP contribution in [0.3, 0.4) is 0 Å². The fraction of sp³-hybridized carbons (Fsp3) is 0.467. The molecule has 0 aliphatic rings. The van der Waals surface area contributed by atoms with E-state index in [0.717, 1.165) is 5.56 Å². The van der Waals surface area contributed by atoms with E-state index in [1.54, 1.807) is 6.92 Å². The lowest BCUT2D eigenvalue weighted by Crippen LogP contribution is -2.24. The van der Waals surface area contributed by atoms with E-state index in [2.05, 4.69) is 0 Å². The van der Waals surface area contributed by atoms with Crippen LogP contribution in [0.2, 0.25) is 0 Å². The number of Topliss-reactive ketones (excluding diaryl/α,β-unsaturated/α-hetero) is 1. The second kappa shape index (κ2) is 6.94. The Morgan fingerprint density at radius 3 is 2.33 bits per heavy atom. The van der Waals surface area contributed by atoms with Crippen LogP contribution in [0.15, 0.2) is 24.3 Å². The zero-order valence-electron chi connectivity index (χ0n) is 11.2. The van der Waals surface area contributed by atoms with Gasteiger partial charge in [0.25, 0.3) is 0 Å². The second-order valence-electron chi connectivity index (χ2n) is 4.44. The lowest BCUT2D eigenvalue weighted by atomic mass is 9.96. The number of carbonyl (C=O) groups excluding carboxylic acids is 2. The molecule has 0 radical (unpaired) electrons. The van der Waals surface area contributed by atoms with Crippen LogP contribution in [0, 0.1) is 12.8 Å². The molecule has 98 valence electrons. The number of hydrogen-bond acceptors (Lipinski definition) is 3. The molecule has 1 rings (SSSR count). The van der Waals surface area contributed by atoms with Crippen molar-refractivity contribution >= 4 is 11.8 Å². The summed E-state index contributed by atoms with van der Waals surface area (Å²) in [5.74, 6) is -1.16. The maximum atomic E-state index is 11.6. The Hall–Kier alpha value is -1.64. The zero-order chi connectivity index (χ0) is 13.5. The smallest absolute Gasteiger partial charge is 0.316 e. The highest BCUT2D eigenvalue weighted by atomic mass is 16.5. The number of rotatable bonds is 6. The van der Waals surface area contributed by atoms with E-state index in [0.29, 0.717) is 19.4 Å². The molecule has 1 atom stereocenters. The molecule has 3 heteroatoms. The van der Waals surface area contributed by atoms with Crippen molar-refractivity contribution in [2.24, 2.45) is 5.92 Å². The van der Waals surface area contributed by atoms with Crippen LogP contribution in [-0.4, -0.2) is 18.4 Å². The van der Waals surface area contributed by atoms with Gasteiger partial charge in [0.15, 0.2) is 0 Å². The van der Waals surface area contributed by atoms with Crippen LogP contribution in [0.1, 0.15) is 31.4 Å². The van der Waals surface area contributed by atoms with Crippen molar-refractivity contribution in [1.82, 2.24) is 0 Å². The van der Waals surface area contributed by atoms with Gasteiger partial charge in [-0.15, -0.1) is 0 Å². The third-order valence-corrected chi connectivity index (χ3v) is 2.90. The number of esters is 1. The van der Waals surface area contributed by atoms with Crippen LogP contribution >= 0.6 is 0 Å². The van der Waals surface area contributed by atoms with Crippen molar-refractivity contribution < 1.29 is 14.3 Å². The maximum absolute atomic E-state index is 11.6. The standard InChI is InChI=1S/C15H20O3/c1-4-18-15(17)14(12(3)16)10-9-13-7-5-11(2)6-8-13/h5-8,14H,4,9-10H2,1-3H3. The fourth-order valence-corrected chi connectivity index (χ4v) is 1.80. The minimum Gasteiger partial charge on any atom is -0.465 e. The molecule has 0 aliphatic heterocycles. The molecule has 0 fully saturated rings. The SMILES string of the molecule is CCOC(=O)C(CCc1ccc(C)cc1)C(C)=O. The first-order valence-corrected chi connectivity index (χ1v) is 6.27. The third kappa shape index (κ3) is 4.32. The fourth-order valence-electron chi connectivity index (χ4n) is 1.80. The molecule has 0 N–H and O–H groups in total. The second-order valence-corrected chi connectivity index (χ2v) is 4.44. The maximum Gasteiger partial charge on any atom is 0.316 e. The van der Waals surface area contributed by atoms with E-state index in [1.807, 2.05) is 31.2 Å². The monoisotopic (exact) mass is 248 g/mol. The molecule has 3 nitrogen and oxygen atoms in total. The summed E-state index contributed by atoms with van der Waals surface area (Å²) in [4.78, 5) is 23.1. The Labute approximate surface area is 108 Å². The molecule has 0 spiro atoms. The van der Waals surface area contributed by atoms with Gasteiger partial charge in [-0.05, 0) is 39.2 Å². The highest BCUT2D eigenvalue weighted by Gasteiger charge is 2.24. The van der Waals surface area contributed by atoms with E-state index in [1.165, 1.54) is 12.5 Å². The molecule has 0 heterocycles. The summed E-state index contributed by atoms with van der Waals surface area (Å²) in [5.41, 5.74) is 2.34. The highest BCUT2D eigenvalue weighted by molar-refractivity contribution is 5.97. The van der Waals surface area contributed by atoms with Crippen molar-refractivity contribution in [2.45, 2.75) is 33.6 Å². The Balaban J connectivity index is 2.59. The molecule has 18 heavy (non-hydrogen) atoms. The van der Waals surface area contributed by atoms with E-state index in [9.17, 15) is 9.59 Å². The predicted molar refractivity (Wildman–Crippen MR) is 70.3 cm³/mol. The van der Waals surface area contributed by atoms with Gasteiger partial charge in [-0.1, -0.05) is 29.8 Å². The molecule has 0 saturated heterocycles. The van der Waals surface area contributed by atoms with Gasteiger partial charge < -0.3 is 4.74 Å². The summed E-state index contributed by atoms with van der Waals surface area (Å²) in [6.07, 6.45) is 1.22. The average molecular weight is 248 g/mol. The van der Waals surface area contributed by atoms with Gasteiger partial charge in [-0.2, -0.15) is 0 Å². The number of benzene rings is 1. The predicted octanol–water partition coefficient (Wildman–Crippen LogP) is 2.70. The van der Waals surface area contributed by atoms with Gasteiger partial charge in [0.1, 0.15) is 11.7 Å². The van der Waals surface area contributed by atoms with Crippen molar-refractivity contribution in [3.63, 3.8) is 0 Å². The third-order valence-electron chi connectivity index (χ3n) is 2.90. The van der Waals surface area contributed by atoms with E-state index in [-0.39, 0.29) is 5.78 Å². The minimum atomic E-state index is -0.633. The lowest BCUT2D eigenvalue weighted by Gasteiger charge is -2.12. The first-order valence-electron chi connectivity index (χ1n) is 6.27.